The van der Waals surface area contributed by atoms with Crippen LogP contribution in [0.4, 0.5) is 4.79 Å². The Morgan fingerprint density at radius 3 is 3.05 bits per heavy atom. The number of urea groups is 1. The first kappa shape index (κ1) is 14.1. The van der Waals surface area contributed by atoms with Gasteiger partial charge in [0.15, 0.2) is 0 Å². The van der Waals surface area contributed by atoms with Crippen molar-refractivity contribution in [2.24, 2.45) is 0 Å². The molecule has 2 rings (SSSR count). The number of hydrogen-bond acceptors (Lipinski definition) is 3. The van der Waals surface area contributed by atoms with Crippen LogP contribution >= 0.6 is 0 Å². The molecule has 0 radical (unpaired) electrons. The number of benzene rings is 1. The zero-order valence-corrected chi connectivity index (χ0v) is 11.6. The topological polar surface area (TPSA) is 65.4 Å². The largest absolute Gasteiger partial charge is 0.494 e. The molecule has 0 aliphatic carbocycles. The highest BCUT2D eigenvalue weighted by molar-refractivity contribution is 6.06. The van der Waals surface area contributed by atoms with E-state index in [4.69, 9.17) is 10.1 Å². The molecule has 0 aromatic heterocycles. The third-order valence-corrected chi connectivity index (χ3v) is 3.06. The lowest BCUT2D eigenvalue weighted by molar-refractivity contribution is 0.211. The summed E-state index contributed by atoms with van der Waals surface area (Å²) in [5.41, 5.74) is 0.865. The van der Waals surface area contributed by atoms with Gasteiger partial charge in [-0.3, -0.25) is 10.7 Å². The van der Waals surface area contributed by atoms with Crippen molar-refractivity contribution >= 4 is 11.9 Å². The van der Waals surface area contributed by atoms with E-state index in [1.807, 2.05) is 31.2 Å². The first-order valence-corrected chi connectivity index (χ1v) is 6.67. The number of nitrogens with zero attached hydrogens (tertiary/aromatic N) is 1. The molecule has 0 saturated carbocycles. The van der Waals surface area contributed by atoms with Crippen molar-refractivity contribution in [3.05, 3.63) is 42.5 Å². The predicted molar refractivity (Wildman–Crippen MR) is 78.1 cm³/mol. The minimum Gasteiger partial charge on any atom is -0.494 e. The van der Waals surface area contributed by atoms with E-state index in [9.17, 15) is 4.79 Å². The lowest BCUT2D eigenvalue weighted by atomic mass is 10.1. The Hall–Kier alpha value is -2.30. The summed E-state index contributed by atoms with van der Waals surface area (Å²) in [6, 6.07) is 6.87. The van der Waals surface area contributed by atoms with Crippen LogP contribution in [-0.4, -0.2) is 29.9 Å². The summed E-state index contributed by atoms with van der Waals surface area (Å²) in [7, 11) is 0. The van der Waals surface area contributed by atoms with Crippen molar-refractivity contribution in [2.75, 3.05) is 13.2 Å². The zero-order chi connectivity index (χ0) is 14.5. The van der Waals surface area contributed by atoms with E-state index in [0.717, 1.165) is 17.7 Å². The maximum Gasteiger partial charge on any atom is 0.323 e. The number of carbonyl (C=O) groups is 1. The van der Waals surface area contributed by atoms with Crippen molar-refractivity contribution < 1.29 is 9.53 Å². The standard InChI is InChI=1S/C15H19N3O2/c1-3-8-18-13(14(16)17-15(18)19)11-6-5-7-12(10-11)20-9-4-2/h3,5-7,10,13H,1,4,8-9H2,2H3,(H2,16,17,19). The molecule has 1 aromatic rings. The maximum absolute atomic E-state index is 11.8. The van der Waals surface area contributed by atoms with Gasteiger partial charge in [0.25, 0.3) is 0 Å². The molecule has 1 aromatic carbocycles. The molecule has 1 heterocycles. The molecule has 1 aliphatic rings. The van der Waals surface area contributed by atoms with E-state index in [0.29, 0.717) is 13.2 Å². The number of nitrogens with one attached hydrogen (secondary N) is 2. The van der Waals surface area contributed by atoms with Gasteiger partial charge in [-0.15, -0.1) is 6.58 Å². The zero-order valence-electron chi connectivity index (χ0n) is 11.6. The quantitative estimate of drug-likeness (QED) is 0.783. The van der Waals surface area contributed by atoms with Gasteiger partial charge in [-0.25, -0.2) is 4.79 Å². The number of rotatable bonds is 6. The van der Waals surface area contributed by atoms with E-state index in [-0.39, 0.29) is 11.9 Å². The van der Waals surface area contributed by atoms with Crippen LogP contribution in [0.5, 0.6) is 5.75 Å². The van der Waals surface area contributed by atoms with Crippen LogP contribution < -0.4 is 10.1 Å². The summed E-state index contributed by atoms with van der Waals surface area (Å²) < 4.78 is 5.60. The van der Waals surface area contributed by atoms with E-state index in [1.165, 1.54) is 0 Å². The molecule has 1 aliphatic heterocycles. The number of amides is 2. The van der Waals surface area contributed by atoms with Gasteiger partial charge in [0.2, 0.25) is 0 Å². The van der Waals surface area contributed by atoms with Crippen LogP contribution in [0.15, 0.2) is 36.9 Å². The molecule has 0 spiro atoms. The second kappa shape index (κ2) is 6.23. The molecule has 1 atom stereocenters. The summed E-state index contributed by atoms with van der Waals surface area (Å²) in [6.45, 7) is 6.75. The van der Waals surface area contributed by atoms with E-state index < -0.39 is 6.04 Å². The van der Waals surface area contributed by atoms with E-state index in [2.05, 4.69) is 11.9 Å². The fraction of sp³-hybridized carbons (Fsp3) is 0.333. The molecule has 1 saturated heterocycles. The third-order valence-electron chi connectivity index (χ3n) is 3.06. The Kier molecular flexibility index (Phi) is 4.40. The highest BCUT2D eigenvalue weighted by Gasteiger charge is 2.35. The Balaban J connectivity index is 2.26. The summed E-state index contributed by atoms with van der Waals surface area (Å²) in [5, 5.41) is 10.5. The Labute approximate surface area is 118 Å². The van der Waals surface area contributed by atoms with E-state index >= 15 is 0 Å². The number of hydrogen-bond donors (Lipinski definition) is 2. The molecular formula is C15H19N3O2. The van der Waals surface area contributed by atoms with Crippen LogP contribution in [0.2, 0.25) is 0 Å². The molecule has 1 unspecified atom stereocenters. The number of ether oxygens (including phenoxy) is 1. The average Bonchev–Trinajstić information content (AvgIpc) is 2.72. The molecule has 5 heteroatoms. The fourth-order valence-electron chi connectivity index (χ4n) is 2.20. The fourth-order valence-corrected chi connectivity index (χ4v) is 2.20. The van der Waals surface area contributed by atoms with Crippen molar-refractivity contribution in [1.29, 1.82) is 5.41 Å². The molecule has 106 valence electrons. The summed E-state index contributed by atoms with van der Waals surface area (Å²) in [5.74, 6) is 0.944. The van der Waals surface area contributed by atoms with Crippen LogP contribution in [-0.2, 0) is 0 Å². The lowest BCUT2D eigenvalue weighted by Crippen LogP contribution is -2.29. The van der Waals surface area contributed by atoms with Gasteiger partial charge in [-0.05, 0) is 24.1 Å². The smallest absolute Gasteiger partial charge is 0.323 e. The summed E-state index contributed by atoms with van der Waals surface area (Å²) >= 11 is 0. The molecule has 20 heavy (non-hydrogen) atoms. The van der Waals surface area contributed by atoms with Crippen LogP contribution in [0.3, 0.4) is 0 Å². The second-order valence-corrected chi connectivity index (χ2v) is 4.61. The first-order chi connectivity index (χ1) is 9.67. The van der Waals surface area contributed by atoms with Gasteiger partial charge < -0.3 is 9.64 Å². The average molecular weight is 273 g/mol. The number of amidine groups is 1. The molecular weight excluding hydrogens is 254 g/mol. The monoisotopic (exact) mass is 273 g/mol. The summed E-state index contributed by atoms with van der Waals surface area (Å²) in [4.78, 5) is 13.4. The van der Waals surface area contributed by atoms with Crippen molar-refractivity contribution in [2.45, 2.75) is 19.4 Å². The van der Waals surface area contributed by atoms with Gasteiger partial charge in [-0.1, -0.05) is 25.1 Å². The van der Waals surface area contributed by atoms with Gasteiger partial charge in [0.05, 0.1) is 6.61 Å². The molecule has 0 bridgehead atoms. The molecule has 2 amide bonds. The Morgan fingerprint density at radius 2 is 2.35 bits per heavy atom. The van der Waals surface area contributed by atoms with Crippen LogP contribution in [0.1, 0.15) is 24.9 Å². The van der Waals surface area contributed by atoms with Gasteiger partial charge in [0.1, 0.15) is 17.6 Å². The van der Waals surface area contributed by atoms with Crippen molar-refractivity contribution in [1.82, 2.24) is 10.2 Å². The molecule has 5 nitrogen and oxygen atoms in total. The Bertz CT molecular complexity index is 528. The van der Waals surface area contributed by atoms with Crippen molar-refractivity contribution in [3.8, 4) is 5.75 Å². The van der Waals surface area contributed by atoms with Crippen LogP contribution in [0.25, 0.3) is 0 Å². The van der Waals surface area contributed by atoms with E-state index in [1.54, 1.807) is 11.0 Å². The molecule has 2 N–H and O–H groups in total. The minimum atomic E-state index is -0.398. The molecule has 1 fully saturated rings. The highest BCUT2D eigenvalue weighted by atomic mass is 16.5. The van der Waals surface area contributed by atoms with Crippen LogP contribution in [0, 0.1) is 5.41 Å². The maximum atomic E-state index is 11.8. The predicted octanol–water partition coefficient (Wildman–Crippen LogP) is 2.70. The van der Waals surface area contributed by atoms with Gasteiger partial charge in [-0.2, -0.15) is 0 Å². The van der Waals surface area contributed by atoms with Gasteiger partial charge in [0, 0.05) is 6.54 Å². The summed E-state index contributed by atoms with van der Waals surface area (Å²) in [6.07, 6.45) is 2.59. The van der Waals surface area contributed by atoms with Gasteiger partial charge >= 0.3 is 6.03 Å². The third kappa shape index (κ3) is 2.82. The minimum absolute atomic E-state index is 0.185. The van der Waals surface area contributed by atoms with Crippen molar-refractivity contribution in [3.63, 3.8) is 0 Å². The number of carbonyl (C=O) groups excluding carboxylic acids is 1. The first-order valence-electron chi connectivity index (χ1n) is 6.67. The highest BCUT2D eigenvalue weighted by Crippen LogP contribution is 2.28. The SMILES string of the molecule is C=CCN1C(=O)NC(=N)C1c1cccc(OCCC)c1. The normalized spacial score (nSPS) is 18.1. The Morgan fingerprint density at radius 1 is 1.55 bits per heavy atom. The second-order valence-electron chi connectivity index (χ2n) is 4.61. The lowest BCUT2D eigenvalue weighted by Gasteiger charge is -2.21.